The van der Waals surface area contributed by atoms with Crippen LogP contribution in [-0.2, 0) is 23.4 Å². The fourth-order valence-electron chi connectivity index (χ4n) is 3.87. The minimum absolute atomic E-state index is 0.00294. The Labute approximate surface area is 243 Å². The number of imidazole rings is 1. The van der Waals surface area contributed by atoms with Crippen molar-refractivity contribution in [3.05, 3.63) is 40.3 Å². The Balaban J connectivity index is 1.58. The Kier molecular flexibility index (Phi) is 9.06. The van der Waals surface area contributed by atoms with Crippen molar-refractivity contribution >= 4 is 58.2 Å². The molecular formula is C24H27BrClN6O7P. The number of terminal acetylenes is 1. The second-order valence-corrected chi connectivity index (χ2v) is 12.2. The predicted octanol–water partition coefficient (Wildman–Crippen LogP) is 3.61. The summed E-state index contributed by atoms with van der Waals surface area (Å²) in [5, 5.41) is 13.5. The van der Waals surface area contributed by atoms with Crippen LogP contribution in [0.4, 0.5) is 5.82 Å². The molecule has 0 saturated carbocycles. The van der Waals surface area contributed by atoms with E-state index in [1.807, 2.05) is 0 Å². The first kappa shape index (κ1) is 30.2. The molecule has 1 saturated heterocycles. The Morgan fingerprint density at radius 1 is 1.40 bits per heavy atom. The standard InChI is InChI=1S/C24H27BrClN6O7P/c1-5-24(17(33)10-18(38-24)32-12-28-19-20(27)29-23(26)30-21(19)32)11-36-40(35,31-14(4)22(34)37-13(2)3)39-16-8-6-15(25)7-9-16/h1,6-9,12-14,17-18,33H,10-11H2,2-4H3,(H,31,35)(H2,27,29,30)/t14-,17-,18+,24+,40?/m0/s1. The predicted molar refractivity (Wildman–Crippen MR) is 149 cm³/mol. The highest BCUT2D eigenvalue weighted by Gasteiger charge is 2.50. The van der Waals surface area contributed by atoms with Crippen LogP contribution < -0.4 is 15.3 Å². The van der Waals surface area contributed by atoms with Crippen molar-refractivity contribution < 1.29 is 33.0 Å². The molecule has 40 heavy (non-hydrogen) atoms. The minimum atomic E-state index is -4.30. The van der Waals surface area contributed by atoms with Crippen LogP contribution in [0.1, 0.15) is 33.4 Å². The van der Waals surface area contributed by atoms with E-state index in [1.165, 1.54) is 17.8 Å². The van der Waals surface area contributed by atoms with Gasteiger partial charge in [-0.3, -0.25) is 13.9 Å². The Hall–Kier alpha value is -2.76. The van der Waals surface area contributed by atoms with Crippen molar-refractivity contribution in [2.75, 3.05) is 12.3 Å². The van der Waals surface area contributed by atoms with Gasteiger partial charge in [0.2, 0.25) is 5.28 Å². The highest BCUT2D eigenvalue weighted by Crippen LogP contribution is 2.48. The molecule has 0 amide bonds. The molecule has 4 N–H and O–H groups in total. The number of halogens is 2. The number of nitrogens with two attached hydrogens (primary N) is 1. The van der Waals surface area contributed by atoms with Crippen molar-refractivity contribution in [1.82, 2.24) is 24.6 Å². The van der Waals surface area contributed by atoms with E-state index in [-0.39, 0.29) is 34.4 Å². The van der Waals surface area contributed by atoms with E-state index in [0.717, 1.165) is 4.47 Å². The monoisotopic (exact) mass is 656 g/mol. The number of nitrogen functional groups attached to an aromatic ring is 1. The fraction of sp³-hybridized carbons (Fsp3) is 0.417. The summed E-state index contributed by atoms with van der Waals surface area (Å²) in [4.78, 5) is 24.7. The largest absolute Gasteiger partial charge is 0.462 e. The van der Waals surface area contributed by atoms with Crippen LogP contribution in [0.2, 0.25) is 5.28 Å². The van der Waals surface area contributed by atoms with E-state index in [9.17, 15) is 14.5 Å². The molecule has 5 atom stereocenters. The van der Waals surface area contributed by atoms with Gasteiger partial charge < -0.3 is 24.8 Å². The number of nitrogens with one attached hydrogen (secondary N) is 1. The van der Waals surface area contributed by atoms with E-state index in [1.54, 1.807) is 38.1 Å². The molecule has 3 heterocycles. The number of aromatic nitrogens is 4. The van der Waals surface area contributed by atoms with Gasteiger partial charge in [-0.25, -0.2) is 9.55 Å². The van der Waals surface area contributed by atoms with Gasteiger partial charge in [0.25, 0.3) is 0 Å². The van der Waals surface area contributed by atoms with Gasteiger partial charge in [-0.2, -0.15) is 15.1 Å². The summed E-state index contributed by atoms with van der Waals surface area (Å²) in [7, 11) is -4.30. The average molecular weight is 658 g/mol. The number of hydrogen-bond acceptors (Lipinski definition) is 11. The Morgan fingerprint density at radius 3 is 2.75 bits per heavy atom. The zero-order valence-electron chi connectivity index (χ0n) is 21.7. The summed E-state index contributed by atoms with van der Waals surface area (Å²) in [6.07, 6.45) is 4.69. The number of rotatable bonds is 10. The molecule has 1 aliphatic rings. The lowest BCUT2D eigenvalue weighted by atomic mass is 9.99. The number of aliphatic hydroxyl groups is 1. The number of carbonyl (C=O) groups excluding carboxylic acids is 1. The molecule has 1 fully saturated rings. The number of ether oxygens (including phenoxy) is 2. The number of fused-ring (bicyclic) bond motifs is 1. The Bertz CT molecular complexity index is 1480. The maximum absolute atomic E-state index is 13.9. The first-order valence-electron chi connectivity index (χ1n) is 12.0. The van der Waals surface area contributed by atoms with Gasteiger partial charge in [-0.15, -0.1) is 6.42 Å². The number of aliphatic hydroxyl groups excluding tert-OH is 1. The third-order valence-electron chi connectivity index (χ3n) is 5.83. The quantitative estimate of drug-likeness (QED) is 0.125. The van der Waals surface area contributed by atoms with Crippen LogP contribution >= 0.6 is 35.3 Å². The van der Waals surface area contributed by atoms with E-state index in [0.29, 0.717) is 0 Å². The lowest BCUT2D eigenvalue weighted by molar-refractivity contribution is -0.149. The van der Waals surface area contributed by atoms with E-state index >= 15 is 0 Å². The molecule has 3 aromatic rings. The molecule has 2 aromatic heterocycles. The number of esters is 1. The lowest BCUT2D eigenvalue weighted by Crippen LogP contribution is -2.44. The molecule has 1 aliphatic heterocycles. The number of nitrogens with zero attached hydrogens (tertiary/aromatic N) is 4. The Morgan fingerprint density at radius 2 is 2.10 bits per heavy atom. The summed E-state index contributed by atoms with van der Waals surface area (Å²) >= 11 is 9.29. The van der Waals surface area contributed by atoms with E-state index in [2.05, 4.69) is 41.9 Å². The molecule has 4 rings (SSSR count). The van der Waals surface area contributed by atoms with Gasteiger partial charge in [0.05, 0.1) is 12.4 Å². The maximum atomic E-state index is 13.9. The van der Waals surface area contributed by atoms with Gasteiger partial charge in [-0.1, -0.05) is 21.9 Å². The van der Waals surface area contributed by atoms with Crippen LogP contribution in [0.25, 0.3) is 11.2 Å². The van der Waals surface area contributed by atoms with E-state index in [4.69, 9.17) is 42.3 Å². The third kappa shape index (κ3) is 6.58. The summed E-state index contributed by atoms with van der Waals surface area (Å²) in [6.45, 7) is 4.24. The van der Waals surface area contributed by atoms with Crippen LogP contribution in [0.15, 0.2) is 35.1 Å². The zero-order valence-corrected chi connectivity index (χ0v) is 24.9. The minimum Gasteiger partial charge on any atom is -0.462 e. The van der Waals surface area contributed by atoms with Gasteiger partial charge >= 0.3 is 13.7 Å². The topological polar surface area (TPSA) is 173 Å². The molecule has 0 spiro atoms. The van der Waals surface area contributed by atoms with Crippen LogP contribution in [0.5, 0.6) is 5.75 Å². The summed E-state index contributed by atoms with van der Waals surface area (Å²) in [6, 6.07) is 5.36. The van der Waals surface area contributed by atoms with Gasteiger partial charge in [0.15, 0.2) is 17.1 Å². The first-order valence-corrected chi connectivity index (χ1v) is 14.7. The number of anilines is 1. The third-order valence-corrected chi connectivity index (χ3v) is 8.15. The van der Waals surface area contributed by atoms with Crippen molar-refractivity contribution in [2.45, 2.75) is 57.3 Å². The highest BCUT2D eigenvalue weighted by molar-refractivity contribution is 9.10. The highest BCUT2D eigenvalue weighted by atomic mass is 79.9. The van der Waals surface area contributed by atoms with Crippen molar-refractivity contribution in [3.8, 4) is 18.1 Å². The van der Waals surface area contributed by atoms with Crippen LogP contribution in [-0.4, -0.2) is 61.1 Å². The molecule has 1 unspecified atom stereocenters. The molecule has 16 heteroatoms. The second kappa shape index (κ2) is 12.0. The molecular weight excluding hydrogens is 631 g/mol. The summed E-state index contributed by atoms with van der Waals surface area (Å²) < 4.78 is 38.8. The fourth-order valence-corrected chi connectivity index (χ4v) is 5.83. The van der Waals surface area contributed by atoms with Gasteiger partial charge in [0, 0.05) is 10.9 Å². The average Bonchev–Trinajstić information content (AvgIpc) is 3.45. The van der Waals surface area contributed by atoms with Crippen LogP contribution in [0.3, 0.4) is 0 Å². The van der Waals surface area contributed by atoms with Gasteiger partial charge in [0.1, 0.15) is 36.2 Å². The molecule has 0 aliphatic carbocycles. The normalized spacial score (nSPS) is 23.1. The lowest BCUT2D eigenvalue weighted by Gasteiger charge is -2.29. The molecule has 0 bridgehead atoms. The molecule has 214 valence electrons. The van der Waals surface area contributed by atoms with Gasteiger partial charge in [-0.05, 0) is 56.6 Å². The van der Waals surface area contributed by atoms with Crippen molar-refractivity contribution in [3.63, 3.8) is 0 Å². The summed E-state index contributed by atoms with van der Waals surface area (Å²) in [5.74, 6) is 2.00. The van der Waals surface area contributed by atoms with E-state index < -0.39 is 50.4 Å². The zero-order chi connectivity index (χ0) is 29.2. The number of benzene rings is 1. The first-order chi connectivity index (χ1) is 18.8. The SMILES string of the molecule is C#C[C@]1(COP(=O)(N[C@@H](C)C(=O)OC(C)C)Oc2ccc(Br)cc2)O[C@@H](n2cnc3c(N)nc(Cl)nc32)C[C@@H]1O. The molecule has 1 aromatic carbocycles. The smallest absolute Gasteiger partial charge is 0.459 e. The second-order valence-electron chi connectivity index (χ2n) is 9.21. The molecule has 13 nitrogen and oxygen atoms in total. The summed E-state index contributed by atoms with van der Waals surface area (Å²) in [5.41, 5.74) is 4.69. The number of hydrogen-bond donors (Lipinski definition) is 3. The van der Waals surface area contributed by atoms with Crippen LogP contribution in [0, 0.1) is 12.3 Å². The molecule has 0 radical (unpaired) electrons. The van der Waals surface area contributed by atoms with Crippen molar-refractivity contribution in [1.29, 1.82) is 0 Å². The maximum Gasteiger partial charge on any atom is 0.459 e. The number of carbonyl (C=O) groups is 1. The van der Waals surface area contributed by atoms with Crippen molar-refractivity contribution in [2.24, 2.45) is 0 Å².